The predicted molar refractivity (Wildman–Crippen MR) is 55.2 cm³/mol. The lowest BCUT2D eigenvalue weighted by Gasteiger charge is -2.13. The van der Waals surface area contributed by atoms with Gasteiger partial charge >= 0.3 is 11.7 Å². The normalized spacial score (nSPS) is 12.1. The molecule has 0 aliphatic rings. The third-order valence-electron chi connectivity index (χ3n) is 2.09. The zero-order valence-electron chi connectivity index (χ0n) is 8.74. The number of aromatic nitrogens is 2. The average molecular weight is 227 g/mol. The highest BCUT2D eigenvalue weighted by Gasteiger charge is 2.16. The van der Waals surface area contributed by atoms with Gasteiger partial charge in [0, 0.05) is 12.2 Å². The molecule has 1 unspecified atom stereocenters. The number of rotatable bonds is 5. The Hall–Kier alpha value is -2.05. The Morgan fingerprint density at radius 2 is 2.25 bits per heavy atom. The molecule has 0 bridgehead atoms. The van der Waals surface area contributed by atoms with Crippen LogP contribution in [0.2, 0.25) is 0 Å². The van der Waals surface area contributed by atoms with Crippen LogP contribution in [0.5, 0.6) is 0 Å². The van der Waals surface area contributed by atoms with Gasteiger partial charge in [0.1, 0.15) is 5.69 Å². The molecular weight excluding hydrogens is 214 g/mol. The highest BCUT2D eigenvalue weighted by atomic mass is 16.4. The zero-order chi connectivity index (χ0) is 12.1. The van der Waals surface area contributed by atoms with Gasteiger partial charge in [-0.1, -0.05) is 6.92 Å². The van der Waals surface area contributed by atoms with E-state index in [1.54, 1.807) is 6.92 Å². The molecule has 0 aliphatic heterocycles. The van der Waals surface area contributed by atoms with Crippen molar-refractivity contribution >= 4 is 11.9 Å². The van der Waals surface area contributed by atoms with Gasteiger partial charge in [0.2, 0.25) is 0 Å². The average Bonchev–Trinajstić information content (AvgIpc) is 2.63. The van der Waals surface area contributed by atoms with Crippen LogP contribution in [0.4, 0.5) is 0 Å². The highest BCUT2D eigenvalue weighted by molar-refractivity contribution is 5.92. The first kappa shape index (κ1) is 12.0. The summed E-state index contributed by atoms with van der Waals surface area (Å²) in [6.45, 7) is 1.77. The molecule has 0 fully saturated rings. The summed E-state index contributed by atoms with van der Waals surface area (Å²) in [5.41, 5.74) is -0.384. The minimum Gasteiger partial charge on any atom is -0.481 e. The number of hydrogen-bond acceptors (Lipinski definition) is 3. The van der Waals surface area contributed by atoms with Crippen LogP contribution in [-0.4, -0.2) is 33.0 Å². The number of carboxylic acid groups (broad SMARTS) is 1. The van der Waals surface area contributed by atoms with Crippen molar-refractivity contribution in [1.82, 2.24) is 15.3 Å². The molecule has 88 valence electrons. The molecule has 0 aromatic carbocycles. The van der Waals surface area contributed by atoms with Crippen molar-refractivity contribution in [2.45, 2.75) is 25.8 Å². The van der Waals surface area contributed by atoms with E-state index in [0.29, 0.717) is 6.42 Å². The van der Waals surface area contributed by atoms with Gasteiger partial charge in [-0.05, 0) is 6.42 Å². The fraction of sp³-hybridized carbons (Fsp3) is 0.444. The van der Waals surface area contributed by atoms with Gasteiger partial charge in [0.25, 0.3) is 5.91 Å². The van der Waals surface area contributed by atoms with Crippen molar-refractivity contribution in [3.63, 3.8) is 0 Å². The first-order chi connectivity index (χ1) is 7.52. The van der Waals surface area contributed by atoms with Crippen LogP contribution in [0, 0.1) is 0 Å². The monoisotopic (exact) mass is 227 g/mol. The number of carbonyl (C=O) groups is 2. The second-order valence-electron chi connectivity index (χ2n) is 3.33. The van der Waals surface area contributed by atoms with Crippen LogP contribution < -0.4 is 11.0 Å². The van der Waals surface area contributed by atoms with Gasteiger partial charge in [0.05, 0.1) is 6.42 Å². The van der Waals surface area contributed by atoms with Crippen molar-refractivity contribution in [2.75, 3.05) is 0 Å². The summed E-state index contributed by atoms with van der Waals surface area (Å²) in [5.74, 6) is -1.47. The summed E-state index contributed by atoms with van der Waals surface area (Å²) in [5, 5.41) is 11.1. The number of aliphatic carboxylic acids is 1. The minimum absolute atomic E-state index is 0.0915. The summed E-state index contributed by atoms with van der Waals surface area (Å²) in [4.78, 5) is 37.3. The maximum Gasteiger partial charge on any atom is 0.323 e. The molecule has 0 saturated carbocycles. The number of amides is 1. The number of nitrogens with one attached hydrogen (secondary N) is 3. The molecule has 1 amide bonds. The Morgan fingerprint density at radius 1 is 1.56 bits per heavy atom. The molecule has 4 N–H and O–H groups in total. The Morgan fingerprint density at radius 3 is 2.69 bits per heavy atom. The number of carboxylic acids is 1. The molecular formula is C9H13N3O4. The number of imidazole rings is 1. The van der Waals surface area contributed by atoms with Gasteiger partial charge in [0.15, 0.2) is 0 Å². The van der Waals surface area contributed by atoms with E-state index in [1.807, 2.05) is 0 Å². The van der Waals surface area contributed by atoms with Crippen molar-refractivity contribution < 1.29 is 14.7 Å². The Bertz CT molecular complexity index is 434. The summed E-state index contributed by atoms with van der Waals surface area (Å²) >= 11 is 0. The molecule has 1 aromatic rings. The van der Waals surface area contributed by atoms with E-state index in [-0.39, 0.29) is 12.1 Å². The standard InChI is InChI=1S/C9H13N3O4/c1-2-5(3-7(13)14)11-8(15)6-4-10-9(16)12-6/h4-5H,2-3H2,1H3,(H,11,15)(H,13,14)(H2,10,12,16). The van der Waals surface area contributed by atoms with Crippen LogP contribution in [0.1, 0.15) is 30.3 Å². The number of H-pyrrole nitrogens is 2. The number of carbonyl (C=O) groups excluding carboxylic acids is 1. The van der Waals surface area contributed by atoms with Crippen molar-refractivity contribution in [3.05, 3.63) is 22.4 Å². The summed E-state index contributed by atoms with van der Waals surface area (Å²) in [6.07, 6.45) is 1.61. The van der Waals surface area contributed by atoms with E-state index in [1.165, 1.54) is 6.20 Å². The van der Waals surface area contributed by atoms with Gasteiger partial charge in [-0.15, -0.1) is 0 Å². The molecule has 1 heterocycles. The summed E-state index contributed by atoms with van der Waals surface area (Å²) < 4.78 is 0. The summed E-state index contributed by atoms with van der Waals surface area (Å²) in [6, 6.07) is -0.441. The Labute approximate surface area is 90.9 Å². The Kier molecular flexibility index (Phi) is 3.87. The van der Waals surface area contributed by atoms with Crippen molar-refractivity contribution in [3.8, 4) is 0 Å². The lowest BCUT2D eigenvalue weighted by atomic mass is 10.1. The van der Waals surface area contributed by atoms with E-state index < -0.39 is 23.6 Å². The molecule has 16 heavy (non-hydrogen) atoms. The second-order valence-corrected chi connectivity index (χ2v) is 3.33. The second kappa shape index (κ2) is 5.15. The van der Waals surface area contributed by atoms with E-state index in [4.69, 9.17) is 5.11 Å². The lowest BCUT2D eigenvalue weighted by Crippen LogP contribution is -2.36. The molecule has 1 aromatic heterocycles. The maximum atomic E-state index is 11.5. The fourth-order valence-electron chi connectivity index (χ4n) is 1.23. The third kappa shape index (κ3) is 3.26. The molecule has 0 aliphatic carbocycles. The van der Waals surface area contributed by atoms with E-state index >= 15 is 0 Å². The van der Waals surface area contributed by atoms with E-state index in [0.717, 1.165) is 0 Å². The van der Waals surface area contributed by atoms with Crippen LogP contribution in [0.15, 0.2) is 11.0 Å². The fourth-order valence-corrected chi connectivity index (χ4v) is 1.23. The van der Waals surface area contributed by atoms with Gasteiger partial charge in [-0.3, -0.25) is 9.59 Å². The largest absolute Gasteiger partial charge is 0.481 e. The summed E-state index contributed by atoms with van der Waals surface area (Å²) in [7, 11) is 0. The van der Waals surface area contributed by atoms with E-state index in [9.17, 15) is 14.4 Å². The lowest BCUT2D eigenvalue weighted by molar-refractivity contribution is -0.137. The third-order valence-corrected chi connectivity index (χ3v) is 2.09. The highest BCUT2D eigenvalue weighted by Crippen LogP contribution is 1.99. The smallest absolute Gasteiger partial charge is 0.323 e. The SMILES string of the molecule is CCC(CC(=O)O)NC(=O)c1c[nH]c(=O)[nH]1. The van der Waals surface area contributed by atoms with Crippen molar-refractivity contribution in [1.29, 1.82) is 0 Å². The predicted octanol–water partition coefficient (Wildman–Crippen LogP) is -0.314. The first-order valence-electron chi connectivity index (χ1n) is 4.83. The van der Waals surface area contributed by atoms with Gasteiger partial charge in [-0.2, -0.15) is 0 Å². The van der Waals surface area contributed by atoms with Crippen LogP contribution in [-0.2, 0) is 4.79 Å². The first-order valence-corrected chi connectivity index (χ1v) is 4.83. The van der Waals surface area contributed by atoms with Crippen LogP contribution >= 0.6 is 0 Å². The van der Waals surface area contributed by atoms with Gasteiger partial charge < -0.3 is 20.4 Å². The number of aromatic amines is 2. The zero-order valence-corrected chi connectivity index (χ0v) is 8.74. The number of hydrogen-bond donors (Lipinski definition) is 4. The van der Waals surface area contributed by atoms with Crippen LogP contribution in [0.3, 0.4) is 0 Å². The van der Waals surface area contributed by atoms with Crippen LogP contribution in [0.25, 0.3) is 0 Å². The molecule has 0 radical (unpaired) electrons. The molecule has 1 rings (SSSR count). The van der Waals surface area contributed by atoms with Crippen molar-refractivity contribution in [2.24, 2.45) is 0 Å². The molecule has 7 heteroatoms. The molecule has 0 saturated heterocycles. The minimum atomic E-state index is -0.977. The topological polar surface area (TPSA) is 115 Å². The maximum absolute atomic E-state index is 11.5. The quantitative estimate of drug-likeness (QED) is 0.552. The van der Waals surface area contributed by atoms with E-state index in [2.05, 4.69) is 15.3 Å². The molecule has 0 spiro atoms. The molecule has 7 nitrogen and oxygen atoms in total. The Balaban J connectivity index is 2.62. The van der Waals surface area contributed by atoms with Gasteiger partial charge in [-0.25, -0.2) is 4.79 Å². The molecule has 1 atom stereocenters.